The molecule has 1 heterocycles. The van der Waals surface area contributed by atoms with Crippen molar-refractivity contribution in [2.75, 3.05) is 0 Å². The van der Waals surface area contributed by atoms with Crippen LogP contribution < -0.4 is 5.56 Å². The molecule has 3 nitrogen and oxygen atoms in total. The fourth-order valence-corrected chi connectivity index (χ4v) is 1.52. The fraction of sp³-hybridized carbons (Fsp3) is 0.400. The Balaban J connectivity index is 2.59. The van der Waals surface area contributed by atoms with E-state index in [0.717, 1.165) is 5.69 Å². The average molecular weight is 174 g/mol. The first-order chi connectivity index (χ1) is 6.24. The molecule has 0 amide bonds. The van der Waals surface area contributed by atoms with Crippen molar-refractivity contribution in [1.82, 2.24) is 4.57 Å². The highest BCUT2D eigenvalue weighted by molar-refractivity contribution is 5.29. The Morgan fingerprint density at radius 1 is 1.54 bits per heavy atom. The van der Waals surface area contributed by atoms with Gasteiger partial charge in [-0.15, -0.1) is 0 Å². The fourth-order valence-electron chi connectivity index (χ4n) is 1.52. The third kappa shape index (κ3) is 1.25. The second-order valence-corrected chi connectivity index (χ2v) is 3.42. The Hall–Kier alpha value is -1.56. The first-order valence-electron chi connectivity index (χ1n) is 4.34. The van der Waals surface area contributed by atoms with Crippen LogP contribution in [0.1, 0.15) is 30.0 Å². The Morgan fingerprint density at radius 2 is 2.23 bits per heavy atom. The molecule has 1 aliphatic rings. The van der Waals surface area contributed by atoms with Crippen molar-refractivity contribution in [3.63, 3.8) is 0 Å². The maximum absolute atomic E-state index is 11.5. The number of pyridine rings is 1. The van der Waals surface area contributed by atoms with E-state index >= 15 is 0 Å². The van der Waals surface area contributed by atoms with Crippen molar-refractivity contribution in [2.24, 2.45) is 7.05 Å². The van der Waals surface area contributed by atoms with E-state index in [9.17, 15) is 4.79 Å². The van der Waals surface area contributed by atoms with Gasteiger partial charge in [-0.3, -0.25) is 4.79 Å². The van der Waals surface area contributed by atoms with E-state index in [0.29, 0.717) is 5.92 Å². The van der Waals surface area contributed by atoms with Crippen LogP contribution in [0.2, 0.25) is 0 Å². The summed E-state index contributed by atoms with van der Waals surface area (Å²) < 4.78 is 1.59. The molecule has 0 saturated heterocycles. The lowest BCUT2D eigenvalue weighted by atomic mass is 10.2. The van der Waals surface area contributed by atoms with Gasteiger partial charge in [0.2, 0.25) is 0 Å². The molecule has 0 atom stereocenters. The zero-order valence-corrected chi connectivity index (χ0v) is 7.45. The predicted octanol–water partition coefficient (Wildman–Crippen LogP) is 1.13. The normalized spacial score (nSPS) is 15.4. The standard InChI is InChI=1S/C10H10N2O/c1-12-9(7-2-3-7)5-4-8(6-11)10(12)13/h4-5,7H,2-3H2,1H3. The van der Waals surface area contributed by atoms with Gasteiger partial charge in [-0.1, -0.05) is 0 Å². The van der Waals surface area contributed by atoms with Crippen LogP contribution in [0.15, 0.2) is 16.9 Å². The van der Waals surface area contributed by atoms with E-state index in [4.69, 9.17) is 5.26 Å². The van der Waals surface area contributed by atoms with Crippen LogP contribution in [0, 0.1) is 11.3 Å². The Kier molecular flexibility index (Phi) is 1.70. The van der Waals surface area contributed by atoms with Gasteiger partial charge >= 0.3 is 0 Å². The topological polar surface area (TPSA) is 45.8 Å². The van der Waals surface area contributed by atoms with Crippen LogP contribution in [0.3, 0.4) is 0 Å². The molecule has 0 radical (unpaired) electrons. The minimum atomic E-state index is -0.174. The Bertz CT molecular complexity index is 435. The third-order valence-electron chi connectivity index (χ3n) is 2.46. The third-order valence-corrected chi connectivity index (χ3v) is 2.46. The van der Waals surface area contributed by atoms with E-state index in [2.05, 4.69) is 0 Å². The zero-order chi connectivity index (χ0) is 9.42. The summed E-state index contributed by atoms with van der Waals surface area (Å²) in [5, 5.41) is 8.62. The number of nitrogens with zero attached hydrogens (tertiary/aromatic N) is 2. The molecule has 1 aliphatic carbocycles. The molecule has 1 saturated carbocycles. The van der Waals surface area contributed by atoms with Gasteiger partial charge in [-0.2, -0.15) is 5.26 Å². The molecule has 1 aromatic heterocycles. The van der Waals surface area contributed by atoms with Gasteiger partial charge in [0, 0.05) is 12.7 Å². The van der Waals surface area contributed by atoms with Gasteiger partial charge in [-0.05, 0) is 30.9 Å². The van der Waals surface area contributed by atoms with Gasteiger partial charge in [0.15, 0.2) is 0 Å². The summed E-state index contributed by atoms with van der Waals surface area (Å²) in [6.45, 7) is 0. The number of nitriles is 1. The summed E-state index contributed by atoms with van der Waals surface area (Å²) in [5.74, 6) is 0.547. The SMILES string of the molecule is Cn1c(C2CC2)ccc(C#N)c1=O. The minimum Gasteiger partial charge on any atom is -0.314 e. The Morgan fingerprint density at radius 3 is 2.77 bits per heavy atom. The van der Waals surface area contributed by atoms with E-state index in [1.807, 2.05) is 12.1 Å². The van der Waals surface area contributed by atoms with Crippen molar-refractivity contribution in [1.29, 1.82) is 5.26 Å². The molecule has 0 aliphatic heterocycles. The molecule has 0 N–H and O–H groups in total. The molecule has 3 heteroatoms. The number of hydrogen-bond donors (Lipinski definition) is 0. The summed E-state index contributed by atoms with van der Waals surface area (Å²) >= 11 is 0. The van der Waals surface area contributed by atoms with Crippen molar-refractivity contribution in [3.8, 4) is 6.07 Å². The van der Waals surface area contributed by atoms with Gasteiger partial charge < -0.3 is 4.57 Å². The van der Waals surface area contributed by atoms with Crippen LogP contribution in [0.5, 0.6) is 0 Å². The van der Waals surface area contributed by atoms with E-state index in [1.54, 1.807) is 17.7 Å². The maximum Gasteiger partial charge on any atom is 0.268 e. The molecule has 0 aromatic carbocycles. The van der Waals surface area contributed by atoms with Crippen LogP contribution >= 0.6 is 0 Å². The minimum absolute atomic E-state index is 0.174. The van der Waals surface area contributed by atoms with Gasteiger partial charge in [-0.25, -0.2) is 0 Å². The smallest absolute Gasteiger partial charge is 0.268 e. The number of aromatic nitrogens is 1. The predicted molar refractivity (Wildman–Crippen MR) is 48.4 cm³/mol. The summed E-state index contributed by atoms with van der Waals surface area (Å²) in [4.78, 5) is 11.5. The molecule has 0 spiro atoms. The zero-order valence-electron chi connectivity index (χ0n) is 7.45. The molecule has 13 heavy (non-hydrogen) atoms. The number of rotatable bonds is 1. The van der Waals surface area contributed by atoms with Gasteiger partial charge in [0.25, 0.3) is 5.56 Å². The van der Waals surface area contributed by atoms with Gasteiger partial charge in [0.1, 0.15) is 11.6 Å². The maximum atomic E-state index is 11.5. The summed E-state index contributed by atoms with van der Waals surface area (Å²) in [6, 6.07) is 5.40. The molecule has 66 valence electrons. The summed E-state index contributed by atoms with van der Waals surface area (Å²) in [5.41, 5.74) is 1.11. The Labute approximate surface area is 76.2 Å². The summed E-state index contributed by atoms with van der Waals surface area (Å²) in [7, 11) is 1.73. The largest absolute Gasteiger partial charge is 0.314 e. The van der Waals surface area contributed by atoms with Crippen LogP contribution in [0.4, 0.5) is 0 Å². The highest BCUT2D eigenvalue weighted by Gasteiger charge is 2.26. The van der Waals surface area contributed by atoms with Gasteiger partial charge in [0.05, 0.1) is 0 Å². The number of hydrogen-bond acceptors (Lipinski definition) is 2. The highest BCUT2D eigenvalue weighted by Crippen LogP contribution is 2.39. The molecule has 2 rings (SSSR count). The van der Waals surface area contributed by atoms with Crippen molar-refractivity contribution in [2.45, 2.75) is 18.8 Å². The van der Waals surface area contributed by atoms with Crippen molar-refractivity contribution in [3.05, 3.63) is 33.7 Å². The highest BCUT2D eigenvalue weighted by atomic mass is 16.1. The first kappa shape index (κ1) is 8.06. The lowest BCUT2D eigenvalue weighted by Gasteiger charge is -2.05. The summed E-state index contributed by atoms with van der Waals surface area (Å²) in [6.07, 6.45) is 2.33. The van der Waals surface area contributed by atoms with Crippen LogP contribution in [-0.4, -0.2) is 4.57 Å². The van der Waals surface area contributed by atoms with Crippen LogP contribution in [-0.2, 0) is 7.05 Å². The van der Waals surface area contributed by atoms with Crippen molar-refractivity contribution < 1.29 is 0 Å². The van der Waals surface area contributed by atoms with E-state index in [-0.39, 0.29) is 11.1 Å². The monoisotopic (exact) mass is 174 g/mol. The molecule has 0 unspecified atom stereocenters. The van der Waals surface area contributed by atoms with E-state index in [1.165, 1.54) is 12.8 Å². The molecule has 1 fully saturated rings. The quantitative estimate of drug-likeness (QED) is 0.640. The molecular formula is C10H10N2O. The molecular weight excluding hydrogens is 164 g/mol. The lowest BCUT2D eigenvalue weighted by Crippen LogP contribution is -2.22. The molecule has 1 aromatic rings. The van der Waals surface area contributed by atoms with Crippen molar-refractivity contribution >= 4 is 0 Å². The van der Waals surface area contributed by atoms with Crippen LogP contribution in [0.25, 0.3) is 0 Å². The van der Waals surface area contributed by atoms with E-state index < -0.39 is 0 Å². The molecule has 0 bridgehead atoms. The second kappa shape index (κ2) is 2.74. The second-order valence-electron chi connectivity index (χ2n) is 3.42. The lowest BCUT2D eigenvalue weighted by molar-refractivity contribution is 0.773. The average Bonchev–Trinajstić information content (AvgIpc) is 2.93. The first-order valence-corrected chi connectivity index (χ1v) is 4.34.